The number of nitro groups is 1. The van der Waals surface area contributed by atoms with Gasteiger partial charge in [0.25, 0.3) is 5.69 Å². The van der Waals surface area contributed by atoms with Crippen molar-refractivity contribution < 1.29 is 14.5 Å². The third kappa shape index (κ3) is 4.97. The van der Waals surface area contributed by atoms with E-state index in [1.807, 2.05) is 25.1 Å². The van der Waals surface area contributed by atoms with E-state index in [4.69, 9.17) is 9.72 Å². The van der Waals surface area contributed by atoms with Crippen LogP contribution < -0.4 is 10.1 Å². The number of benzene rings is 2. The molecular formula is C23H27N5O4S. The molecule has 10 heteroatoms. The average molecular weight is 470 g/mol. The second kappa shape index (κ2) is 9.82. The van der Waals surface area contributed by atoms with Crippen LogP contribution in [0.1, 0.15) is 24.9 Å². The number of nitrogens with one attached hydrogen (secondary N) is 1. The summed E-state index contributed by atoms with van der Waals surface area (Å²) in [5, 5.41) is 15.0. The lowest BCUT2D eigenvalue weighted by atomic mass is 10.1. The van der Waals surface area contributed by atoms with Gasteiger partial charge >= 0.3 is 0 Å². The van der Waals surface area contributed by atoms with Crippen LogP contribution in [0.25, 0.3) is 10.2 Å². The molecule has 2 atom stereocenters. The third-order valence-electron chi connectivity index (χ3n) is 6.14. The number of anilines is 1. The molecule has 0 bridgehead atoms. The lowest BCUT2D eigenvalue weighted by Gasteiger charge is -2.39. The average Bonchev–Trinajstić information content (AvgIpc) is 3.27. The number of ether oxygens (including phenoxy) is 1. The standard InChI is InChI=1S/C23H27N5O4S/c1-15(22(29)24-19-14-17(28(30)31)8-9-20(19)32-3)26-10-12-27(13-11-26)16(2)23-25-18-6-4-5-7-21(18)33-23/h4-9,14-16H,10-13H2,1-3H3,(H,24,29)/t15-,16-/m1/s1. The molecular weight excluding hydrogens is 442 g/mol. The molecule has 1 fully saturated rings. The number of non-ortho nitro benzene ring substituents is 1. The van der Waals surface area contributed by atoms with Crippen LogP contribution in [0.5, 0.6) is 5.75 Å². The molecule has 0 unspecified atom stereocenters. The Kier molecular flexibility index (Phi) is 6.87. The van der Waals surface area contributed by atoms with Gasteiger partial charge in [0.15, 0.2) is 0 Å². The molecule has 174 valence electrons. The Balaban J connectivity index is 1.37. The van der Waals surface area contributed by atoms with Crippen LogP contribution in [0.2, 0.25) is 0 Å². The van der Waals surface area contributed by atoms with Gasteiger partial charge in [0, 0.05) is 38.3 Å². The van der Waals surface area contributed by atoms with E-state index in [2.05, 4.69) is 28.1 Å². The molecule has 2 aromatic carbocycles. The number of hydrogen-bond acceptors (Lipinski definition) is 8. The van der Waals surface area contributed by atoms with Crippen molar-refractivity contribution in [2.24, 2.45) is 0 Å². The molecule has 1 saturated heterocycles. The van der Waals surface area contributed by atoms with Crippen molar-refractivity contribution in [1.82, 2.24) is 14.8 Å². The van der Waals surface area contributed by atoms with Crippen molar-refractivity contribution in [3.05, 3.63) is 57.6 Å². The lowest BCUT2D eigenvalue weighted by Crippen LogP contribution is -2.53. The van der Waals surface area contributed by atoms with E-state index < -0.39 is 4.92 Å². The minimum atomic E-state index is -0.496. The second-order valence-corrected chi connectivity index (χ2v) is 9.14. The van der Waals surface area contributed by atoms with Crippen LogP contribution in [0.3, 0.4) is 0 Å². The second-order valence-electron chi connectivity index (χ2n) is 8.07. The monoisotopic (exact) mass is 469 g/mol. The predicted molar refractivity (Wildman–Crippen MR) is 129 cm³/mol. The van der Waals surface area contributed by atoms with E-state index >= 15 is 0 Å². The van der Waals surface area contributed by atoms with E-state index in [1.54, 1.807) is 11.3 Å². The minimum Gasteiger partial charge on any atom is -0.495 e. The summed E-state index contributed by atoms with van der Waals surface area (Å²) in [7, 11) is 1.46. The van der Waals surface area contributed by atoms with Crippen LogP contribution in [-0.4, -0.2) is 64.9 Å². The van der Waals surface area contributed by atoms with Gasteiger partial charge in [0.1, 0.15) is 10.8 Å². The van der Waals surface area contributed by atoms with Gasteiger partial charge < -0.3 is 10.1 Å². The van der Waals surface area contributed by atoms with Crippen LogP contribution in [0.15, 0.2) is 42.5 Å². The number of para-hydroxylation sites is 1. The zero-order valence-corrected chi connectivity index (χ0v) is 19.7. The maximum atomic E-state index is 12.9. The van der Waals surface area contributed by atoms with Crippen molar-refractivity contribution in [3.8, 4) is 5.75 Å². The first-order chi connectivity index (χ1) is 15.9. The van der Waals surface area contributed by atoms with E-state index in [0.717, 1.165) is 36.7 Å². The molecule has 1 aliphatic heterocycles. The van der Waals surface area contributed by atoms with Gasteiger partial charge in [-0.2, -0.15) is 0 Å². The predicted octanol–water partition coefficient (Wildman–Crippen LogP) is 3.92. The van der Waals surface area contributed by atoms with E-state index in [9.17, 15) is 14.9 Å². The Bertz CT molecular complexity index is 1130. The largest absolute Gasteiger partial charge is 0.495 e. The molecule has 1 amide bonds. The van der Waals surface area contributed by atoms with Gasteiger partial charge in [-0.05, 0) is 32.0 Å². The minimum absolute atomic E-state index is 0.101. The van der Waals surface area contributed by atoms with Gasteiger partial charge in [0.05, 0.1) is 40.0 Å². The van der Waals surface area contributed by atoms with E-state index in [0.29, 0.717) is 11.4 Å². The number of hydrogen-bond donors (Lipinski definition) is 1. The smallest absolute Gasteiger partial charge is 0.271 e. The van der Waals surface area contributed by atoms with Gasteiger partial charge in [-0.1, -0.05) is 12.1 Å². The number of thiazole rings is 1. The summed E-state index contributed by atoms with van der Waals surface area (Å²) in [5.41, 5.74) is 1.23. The summed E-state index contributed by atoms with van der Waals surface area (Å²) in [6.45, 7) is 7.18. The molecule has 0 aliphatic carbocycles. The summed E-state index contributed by atoms with van der Waals surface area (Å²) in [4.78, 5) is 32.8. The zero-order chi connectivity index (χ0) is 23.5. The number of fused-ring (bicyclic) bond motifs is 1. The molecule has 4 rings (SSSR count). The number of methoxy groups -OCH3 is 1. The Morgan fingerprint density at radius 1 is 1.15 bits per heavy atom. The summed E-state index contributed by atoms with van der Waals surface area (Å²) in [6.07, 6.45) is 0. The molecule has 3 aromatic rings. The topological polar surface area (TPSA) is 101 Å². The molecule has 0 spiro atoms. The molecule has 1 aliphatic rings. The lowest BCUT2D eigenvalue weighted by molar-refractivity contribution is -0.384. The van der Waals surface area contributed by atoms with Crippen LogP contribution >= 0.6 is 11.3 Å². The number of nitrogens with zero attached hydrogens (tertiary/aromatic N) is 4. The quantitative estimate of drug-likeness (QED) is 0.413. The molecule has 33 heavy (non-hydrogen) atoms. The highest BCUT2D eigenvalue weighted by Gasteiger charge is 2.29. The first-order valence-electron chi connectivity index (χ1n) is 10.8. The third-order valence-corrected chi connectivity index (χ3v) is 7.35. The van der Waals surface area contributed by atoms with Gasteiger partial charge in [-0.25, -0.2) is 4.98 Å². The highest BCUT2D eigenvalue weighted by Crippen LogP contribution is 2.31. The van der Waals surface area contributed by atoms with Crippen molar-refractivity contribution in [2.75, 3.05) is 38.6 Å². The van der Waals surface area contributed by atoms with E-state index in [-0.39, 0.29) is 23.7 Å². The summed E-state index contributed by atoms with van der Waals surface area (Å²) >= 11 is 1.73. The fourth-order valence-corrected chi connectivity index (χ4v) is 5.10. The Labute approximate surface area is 196 Å². The molecule has 9 nitrogen and oxygen atoms in total. The summed E-state index contributed by atoms with van der Waals surface area (Å²) in [5.74, 6) is 0.164. The van der Waals surface area contributed by atoms with Crippen LogP contribution in [0.4, 0.5) is 11.4 Å². The van der Waals surface area contributed by atoms with E-state index in [1.165, 1.54) is 30.0 Å². The fraction of sp³-hybridized carbons (Fsp3) is 0.391. The highest BCUT2D eigenvalue weighted by atomic mass is 32.1. The number of carbonyl (C=O) groups is 1. The number of carbonyl (C=O) groups excluding carboxylic acids is 1. The number of nitro benzene ring substituents is 1. The Hall–Kier alpha value is -3.08. The fourth-order valence-electron chi connectivity index (χ4n) is 4.05. The molecule has 0 radical (unpaired) electrons. The molecule has 1 aromatic heterocycles. The van der Waals surface area contributed by atoms with Crippen LogP contribution in [0, 0.1) is 10.1 Å². The van der Waals surface area contributed by atoms with Gasteiger partial charge in [-0.3, -0.25) is 24.7 Å². The summed E-state index contributed by atoms with van der Waals surface area (Å²) in [6, 6.07) is 12.2. The van der Waals surface area contributed by atoms with Gasteiger partial charge in [-0.15, -0.1) is 11.3 Å². The number of aromatic nitrogens is 1. The maximum absolute atomic E-state index is 12.9. The SMILES string of the molecule is COc1ccc([N+](=O)[O-])cc1NC(=O)[C@@H](C)N1CCN([C@H](C)c2nc3ccccc3s2)CC1. The molecule has 2 heterocycles. The number of piperazine rings is 1. The highest BCUT2D eigenvalue weighted by molar-refractivity contribution is 7.18. The Morgan fingerprint density at radius 3 is 2.52 bits per heavy atom. The first-order valence-corrected chi connectivity index (χ1v) is 11.7. The van der Waals surface area contributed by atoms with Gasteiger partial charge in [0.2, 0.25) is 5.91 Å². The maximum Gasteiger partial charge on any atom is 0.271 e. The first kappa shape index (κ1) is 23.1. The van der Waals surface area contributed by atoms with Crippen LogP contribution in [-0.2, 0) is 4.79 Å². The molecule has 1 N–H and O–H groups in total. The van der Waals surface area contributed by atoms with Crippen molar-refractivity contribution in [1.29, 1.82) is 0 Å². The number of rotatable bonds is 7. The molecule has 0 saturated carbocycles. The normalized spacial score (nSPS) is 16.9. The van der Waals surface area contributed by atoms with Crippen molar-refractivity contribution in [2.45, 2.75) is 25.9 Å². The van der Waals surface area contributed by atoms with Crippen molar-refractivity contribution in [3.63, 3.8) is 0 Å². The van der Waals surface area contributed by atoms with Crippen molar-refractivity contribution >= 4 is 38.8 Å². The summed E-state index contributed by atoms with van der Waals surface area (Å²) < 4.78 is 6.44. The Morgan fingerprint density at radius 2 is 1.85 bits per heavy atom. The number of amides is 1. The zero-order valence-electron chi connectivity index (χ0n) is 18.9.